The summed E-state index contributed by atoms with van der Waals surface area (Å²) < 4.78 is 5.70. The number of ketones is 1. The van der Waals surface area contributed by atoms with E-state index in [9.17, 15) is 9.59 Å². The Hall–Kier alpha value is -1.68. The van der Waals surface area contributed by atoms with E-state index in [2.05, 4.69) is 24.0 Å². The number of carbonyl (C=O) groups is 2. The molecule has 5 rings (SSSR count). The minimum Gasteiger partial charge on any atom is -0.426 e. The van der Waals surface area contributed by atoms with Crippen LogP contribution in [0.5, 0.6) is 5.75 Å². The summed E-state index contributed by atoms with van der Waals surface area (Å²) in [6, 6.07) is 6.31. The summed E-state index contributed by atoms with van der Waals surface area (Å²) in [6.45, 7) is 5.26. The van der Waals surface area contributed by atoms with Crippen molar-refractivity contribution in [2.24, 2.45) is 17.3 Å². The molecule has 3 fully saturated rings. The van der Waals surface area contributed by atoms with Gasteiger partial charge in [0.15, 0.2) is 0 Å². The van der Waals surface area contributed by atoms with Gasteiger partial charge in [-0.1, -0.05) is 19.4 Å². The number of likely N-dealkylation sites (tertiary alicyclic amines) is 1. The normalized spacial score (nSPS) is 33.5. The van der Waals surface area contributed by atoms with Crippen molar-refractivity contribution in [2.75, 3.05) is 19.6 Å². The Kier molecular flexibility index (Phi) is 5.47. The monoisotopic (exact) mass is 409 g/mol. The van der Waals surface area contributed by atoms with Crippen LogP contribution in [0.1, 0.15) is 81.8 Å². The zero-order valence-corrected chi connectivity index (χ0v) is 18.3. The first-order chi connectivity index (χ1) is 14.5. The second kappa shape index (κ2) is 8.11. The molecule has 4 heteroatoms. The highest BCUT2D eigenvalue weighted by atomic mass is 16.5. The number of piperidine rings is 1. The second-order valence-electron chi connectivity index (χ2n) is 10.3. The number of rotatable bonds is 4. The molecule has 4 aliphatic rings. The standard InChI is InChI=1S/C26H35NO3/c1-26-13-11-21-20-8-6-19(30-25(29)12-16-27-14-3-2-4-15-27)17-18(20)5-7-22(21)23(26)9-10-24(26)28/h6,8,17,21-23H,2-5,7,9-16H2,1H3. The number of benzene rings is 1. The highest BCUT2D eigenvalue weighted by molar-refractivity contribution is 5.87. The molecule has 4 unspecified atom stereocenters. The van der Waals surface area contributed by atoms with Crippen LogP contribution in [0.15, 0.2) is 18.2 Å². The van der Waals surface area contributed by atoms with Crippen LogP contribution in [-0.4, -0.2) is 36.3 Å². The fraction of sp³-hybridized carbons (Fsp3) is 0.692. The summed E-state index contributed by atoms with van der Waals surface area (Å²) in [7, 11) is 0. The van der Waals surface area contributed by atoms with Crippen molar-refractivity contribution >= 4 is 11.8 Å². The molecular formula is C26H35NO3. The molecule has 0 amide bonds. The van der Waals surface area contributed by atoms with Crippen molar-refractivity contribution < 1.29 is 14.3 Å². The van der Waals surface area contributed by atoms with Crippen LogP contribution >= 0.6 is 0 Å². The Morgan fingerprint density at radius 2 is 1.97 bits per heavy atom. The molecular weight excluding hydrogens is 374 g/mol. The number of Topliss-reactive ketones (excluding diaryl/α,β-unsaturated/α-hetero) is 1. The Labute approximate surface area is 180 Å². The van der Waals surface area contributed by atoms with Crippen LogP contribution in [0.3, 0.4) is 0 Å². The average Bonchev–Trinajstić information content (AvgIpc) is 3.07. The molecule has 30 heavy (non-hydrogen) atoms. The predicted molar refractivity (Wildman–Crippen MR) is 117 cm³/mol. The van der Waals surface area contributed by atoms with E-state index < -0.39 is 0 Å². The smallest absolute Gasteiger partial charge is 0.312 e. The first kappa shape index (κ1) is 20.2. The zero-order chi connectivity index (χ0) is 20.7. The largest absolute Gasteiger partial charge is 0.426 e. The van der Waals surface area contributed by atoms with E-state index in [4.69, 9.17) is 4.74 Å². The lowest BCUT2D eigenvalue weighted by Crippen LogP contribution is -2.42. The summed E-state index contributed by atoms with van der Waals surface area (Å²) in [6.07, 6.45) is 10.5. The summed E-state index contributed by atoms with van der Waals surface area (Å²) in [4.78, 5) is 27.2. The lowest BCUT2D eigenvalue weighted by atomic mass is 9.55. The van der Waals surface area contributed by atoms with Crippen molar-refractivity contribution in [1.82, 2.24) is 4.90 Å². The third kappa shape index (κ3) is 3.62. The predicted octanol–water partition coefficient (Wildman–Crippen LogP) is 4.89. The third-order valence-corrected chi connectivity index (χ3v) is 8.72. The van der Waals surface area contributed by atoms with Crippen LogP contribution in [-0.2, 0) is 16.0 Å². The van der Waals surface area contributed by atoms with Crippen molar-refractivity contribution in [1.29, 1.82) is 0 Å². The van der Waals surface area contributed by atoms with E-state index in [0.717, 1.165) is 58.2 Å². The SMILES string of the molecule is CC12CCC3c4ccc(OC(=O)CCN5CCCCC5)cc4CCC3C1CCC2=O. The summed E-state index contributed by atoms with van der Waals surface area (Å²) in [5.41, 5.74) is 2.73. The number of hydrogen-bond donors (Lipinski definition) is 0. The first-order valence-electron chi connectivity index (χ1n) is 12.1. The van der Waals surface area contributed by atoms with Gasteiger partial charge in [-0.15, -0.1) is 0 Å². The van der Waals surface area contributed by atoms with Gasteiger partial charge >= 0.3 is 5.97 Å². The Morgan fingerprint density at radius 3 is 2.80 bits per heavy atom. The minimum atomic E-state index is -0.118. The van der Waals surface area contributed by atoms with Crippen molar-refractivity contribution in [3.05, 3.63) is 29.3 Å². The van der Waals surface area contributed by atoms with Crippen LogP contribution in [0.4, 0.5) is 0 Å². The molecule has 162 valence electrons. The molecule has 4 atom stereocenters. The molecule has 0 aromatic heterocycles. The van der Waals surface area contributed by atoms with Gasteiger partial charge in [0.25, 0.3) is 0 Å². The molecule has 1 heterocycles. The van der Waals surface area contributed by atoms with Crippen LogP contribution in [0, 0.1) is 17.3 Å². The highest BCUT2D eigenvalue weighted by Crippen LogP contribution is 2.59. The molecule has 1 aliphatic heterocycles. The Bertz CT molecular complexity index is 828. The molecule has 1 aromatic carbocycles. The second-order valence-corrected chi connectivity index (χ2v) is 10.3. The lowest BCUT2D eigenvalue weighted by molar-refractivity contribution is -0.134. The van der Waals surface area contributed by atoms with Gasteiger partial charge in [0, 0.05) is 18.4 Å². The molecule has 0 N–H and O–H groups in total. The highest BCUT2D eigenvalue weighted by Gasteiger charge is 2.54. The quantitative estimate of drug-likeness (QED) is 0.524. The summed E-state index contributed by atoms with van der Waals surface area (Å²) in [5.74, 6) is 2.86. The minimum absolute atomic E-state index is 0.0670. The maximum Gasteiger partial charge on any atom is 0.312 e. The molecule has 2 saturated carbocycles. The van der Waals surface area contributed by atoms with Gasteiger partial charge < -0.3 is 9.64 Å². The van der Waals surface area contributed by atoms with Gasteiger partial charge in [-0.2, -0.15) is 0 Å². The van der Waals surface area contributed by atoms with Crippen molar-refractivity contribution in [2.45, 2.75) is 77.0 Å². The first-order valence-corrected chi connectivity index (χ1v) is 12.1. The van der Waals surface area contributed by atoms with E-state index in [0.29, 0.717) is 35.7 Å². The van der Waals surface area contributed by atoms with E-state index in [1.165, 1.54) is 30.4 Å². The molecule has 0 bridgehead atoms. The molecule has 1 saturated heterocycles. The van der Waals surface area contributed by atoms with Gasteiger partial charge in [0.05, 0.1) is 6.42 Å². The summed E-state index contributed by atoms with van der Waals surface area (Å²) in [5, 5.41) is 0. The van der Waals surface area contributed by atoms with Gasteiger partial charge in [0.2, 0.25) is 0 Å². The maximum atomic E-state index is 12.5. The van der Waals surface area contributed by atoms with E-state index in [1.54, 1.807) is 0 Å². The van der Waals surface area contributed by atoms with Gasteiger partial charge in [-0.3, -0.25) is 9.59 Å². The lowest BCUT2D eigenvalue weighted by Gasteiger charge is -2.48. The van der Waals surface area contributed by atoms with Gasteiger partial charge in [0.1, 0.15) is 11.5 Å². The zero-order valence-electron chi connectivity index (χ0n) is 18.3. The van der Waals surface area contributed by atoms with Crippen LogP contribution in [0.25, 0.3) is 0 Å². The number of nitrogens with zero attached hydrogens (tertiary/aromatic N) is 1. The molecule has 3 aliphatic carbocycles. The fourth-order valence-corrected chi connectivity index (χ4v) is 7.01. The fourth-order valence-electron chi connectivity index (χ4n) is 7.01. The molecule has 0 spiro atoms. The number of esters is 1. The molecule has 0 radical (unpaired) electrons. The summed E-state index contributed by atoms with van der Waals surface area (Å²) >= 11 is 0. The van der Waals surface area contributed by atoms with E-state index >= 15 is 0 Å². The van der Waals surface area contributed by atoms with Gasteiger partial charge in [-0.05, 0) is 99.0 Å². The molecule has 4 nitrogen and oxygen atoms in total. The number of aryl methyl sites for hydroxylation is 1. The maximum absolute atomic E-state index is 12.5. The van der Waals surface area contributed by atoms with Gasteiger partial charge in [-0.25, -0.2) is 0 Å². The topological polar surface area (TPSA) is 46.6 Å². The van der Waals surface area contributed by atoms with Crippen molar-refractivity contribution in [3.63, 3.8) is 0 Å². The Balaban J connectivity index is 1.23. The van der Waals surface area contributed by atoms with E-state index in [-0.39, 0.29) is 11.4 Å². The average molecular weight is 410 g/mol. The molecule has 1 aromatic rings. The van der Waals surface area contributed by atoms with Crippen LogP contribution in [0.2, 0.25) is 0 Å². The number of ether oxygens (including phenoxy) is 1. The number of hydrogen-bond acceptors (Lipinski definition) is 4. The van der Waals surface area contributed by atoms with E-state index in [1.807, 2.05) is 6.07 Å². The van der Waals surface area contributed by atoms with Crippen molar-refractivity contribution in [3.8, 4) is 5.75 Å². The Morgan fingerprint density at radius 1 is 1.13 bits per heavy atom. The third-order valence-electron chi connectivity index (χ3n) is 8.72. The number of fused-ring (bicyclic) bond motifs is 5. The number of carbonyl (C=O) groups excluding carboxylic acids is 2. The van der Waals surface area contributed by atoms with Crippen LogP contribution < -0.4 is 4.74 Å².